The Kier molecular flexibility index (Phi) is 15.8. The van der Waals surface area contributed by atoms with Crippen LogP contribution in [0.2, 0.25) is 0 Å². The van der Waals surface area contributed by atoms with Crippen LogP contribution in [0.1, 0.15) is 40.5 Å². The number of hydrogen-bond acceptors (Lipinski definition) is 16. The zero-order valence-electron chi connectivity index (χ0n) is 23.4. The molecule has 0 spiro atoms. The molecule has 244 valence electrons. The number of carbonyl (C=O) groups is 10. The molecule has 0 aromatic rings. The van der Waals surface area contributed by atoms with E-state index in [1.807, 2.05) is 0 Å². The van der Waals surface area contributed by atoms with E-state index >= 15 is 0 Å². The predicted octanol–water partition coefficient (Wildman–Crippen LogP) is -1.79. The summed E-state index contributed by atoms with van der Waals surface area (Å²) >= 11 is 0. The summed E-state index contributed by atoms with van der Waals surface area (Å²) in [5, 5.41) is 35.4. The molecule has 0 radical (unpaired) electrons. The molecule has 0 saturated heterocycles. The maximum atomic E-state index is 12.3. The number of hydrogen-bond donors (Lipinski definition) is 4. The molecule has 0 aromatic heterocycles. The molecule has 20 heteroatoms. The van der Waals surface area contributed by atoms with Gasteiger partial charge in [0.15, 0.2) is 24.4 Å². The Morgan fingerprint density at radius 1 is 0.455 bits per heavy atom. The second-order valence-electron chi connectivity index (χ2n) is 8.37. The van der Waals surface area contributed by atoms with Gasteiger partial charge >= 0.3 is 59.7 Å². The van der Waals surface area contributed by atoms with Crippen molar-refractivity contribution in [3.63, 3.8) is 0 Å². The van der Waals surface area contributed by atoms with Crippen molar-refractivity contribution < 1.29 is 96.8 Å². The van der Waals surface area contributed by atoms with E-state index in [4.69, 9.17) is 20.4 Å². The monoisotopic (exact) mass is 636 g/mol. The maximum Gasteiger partial charge on any atom is 0.348 e. The number of carboxylic acids is 4. The molecule has 0 rings (SSSR count). The lowest BCUT2D eigenvalue weighted by molar-refractivity contribution is -0.179. The molecule has 44 heavy (non-hydrogen) atoms. The fraction of sp³-hybridized carbons (Fsp3) is 0.500. The number of carboxylic acid groups (broad SMARTS) is 4. The second kappa shape index (κ2) is 18.1. The van der Waals surface area contributed by atoms with E-state index in [1.165, 1.54) is 0 Å². The molecule has 0 saturated carbocycles. The van der Waals surface area contributed by atoms with Crippen molar-refractivity contribution >= 4 is 59.7 Å². The van der Waals surface area contributed by atoms with E-state index in [9.17, 15) is 47.9 Å². The Balaban J connectivity index is 5.72. The normalized spacial score (nSPS) is 14.7. The largest absolute Gasteiger partial charge is 0.479 e. The Labute approximate surface area is 246 Å². The lowest BCUT2D eigenvalue weighted by atomic mass is 10.2. The lowest BCUT2D eigenvalue weighted by Gasteiger charge is -2.18. The summed E-state index contributed by atoms with van der Waals surface area (Å²) in [7, 11) is 0. The maximum absolute atomic E-state index is 12.3. The standard InChI is InChI=1S/C24H28O20/c1-9(19(29)30)39-17(27)7-13(23(37)41-11(3)21(33)34)43-15(25)5-6-16(26)44-14(24(38)42-12(4)22(35)36)8-18(28)40-10(2)20(31)32/h5-6,9-14H,7-8H2,1-4H3,(H,29,30)(H,31,32)(H,33,34)(H,35,36)/b6-5-. The first-order valence-electron chi connectivity index (χ1n) is 12.1. The third-order valence-corrected chi connectivity index (χ3v) is 4.70. The van der Waals surface area contributed by atoms with Gasteiger partial charge in [0.25, 0.3) is 0 Å². The van der Waals surface area contributed by atoms with Crippen LogP contribution in [-0.2, 0) is 76.4 Å². The summed E-state index contributed by atoms with van der Waals surface area (Å²) in [6.07, 6.45) is -13.1. The molecule has 0 aliphatic heterocycles. The van der Waals surface area contributed by atoms with E-state index in [0.29, 0.717) is 0 Å². The van der Waals surface area contributed by atoms with Crippen LogP contribution in [0, 0.1) is 0 Å². The van der Waals surface area contributed by atoms with Crippen molar-refractivity contribution in [2.45, 2.75) is 77.2 Å². The number of ether oxygens (including phenoxy) is 6. The minimum Gasteiger partial charge on any atom is -0.479 e. The molecular formula is C24H28O20. The van der Waals surface area contributed by atoms with Gasteiger partial charge in [0, 0.05) is 12.2 Å². The Hall–Kier alpha value is -5.56. The Morgan fingerprint density at radius 3 is 0.955 bits per heavy atom. The highest BCUT2D eigenvalue weighted by atomic mass is 16.6. The van der Waals surface area contributed by atoms with Crippen LogP contribution in [0.3, 0.4) is 0 Å². The second-order valence-corrected chi connectivity index (χ2v) is 8.37. The number of esters is 6. The van der Waals surface area contributed by atoms with Crippen LogP contribution in [0.4, 0.5) is 0 Å². The summed E-state index contributed by atoms with van der Waals surface area (Å²) in [6.45, 7) is 3.74. The van der Waals surface area contributed by atoms with Gasteiger partial charge in [0.2, 0.25) is 12.2 Å². The molecular weight excluding hydrogens is 608 g/mol. The van der Waals surface area contributed by atoms with Crippen LogP contribution in [-0.4, -0.2) is 117 Å². The molecule has 0 amide bonds. The van der Waals surface area contributed by atoms with Crippen LogP contribution in [0.15, 0.2) is 12.2 Å². The fourth-order valence-electron chi connectivity index (χ4n) is 2.34. The van der Waals surface area contributed by atoms with Gasteiger partial charge in [-0.2, -0.15) is 0 Å². The summed E-state index contributed by atoms with van der Waals surface area (Å²) in [5.74, 6) is -15.5. The highest BCUT2D eigenvalue weighted by Crippen LogP contribution is 2.11. The van der Waals surface area contributed by atoms with E-state index in [0.717, 1.165) is 27.7 Å². The SMILES string of the molecule is CC(OC(=O)CC(OC(=O)/C=C\C(=O)OC(CC(=O)OC(C)C(=O)O)C(=O)OC(C)C(=O)O)C(=O)OC(C)C(=O)O)C(=O)O. The van der Waals surface area contributed by atoms with E-state index in [1.54, 1.807) is 0 Å². The van der Waals surface area contributed by atoms with Crippen molar-refractivity contribution in [2.24, 2.45) is 0 Å². The summed E-state index contributed by atoms with van der Waals surface area (Å²) < 4.78 is 27.4. The molecule has 0 bridgehead atoms. The smallest absolute Gasteiger partial charge is 0.348 e. The summed E-state index contributed by atoms with van der Waals surface area (Å²) in [4.78, 5) is 117. The Morgan fingerprint density at radius 2 is 0.705 bits per heavy atom. The van der Waals surface area contributed by atoms with Gasteiger partial charge in [-0.15, -0.1) is 0 Å². The van der Waals surface area contributed by atoms with Crippen molar-refractivity contribution in [1.29, 1.82) is 0 Å². The first kappa shape index (κ1) is 38.4. The summed E-state index contributed by atoms with van der Waals surface area (Å²) in [6, 6.07) is 0. The van der Waals surface area contributed by atoms with Gasteiger partial charge in [-0.05, 0) is 27.7 Å². The topological polar surface area (TPSA) is 307 Å². The van der Waals surface area contributed by atoms with Crippen LogP contribution < -0.4 is 0 Å². The van der Waals surface area contributed by atoms with Gasteiger partial charge in [-0.3, -0.25) is 9.59 Å². The quantitative estimate of drug-likeness (QED) is 0.0733. The molecule has 0 fully saturated rings. The molecule has 0 heterocycles. The first-order valence-corrected chi connectivity index (χ1v) is 12.1. The molecule has 0 aromatic carbocycles. The minimum absolute atomic E-state index is 0.279. The minimum atomic E-state index is -2.20. The average Bonchev–Trinajstić information content (AvgIpc) is 2.90. The molecule has 0 aliphatic rings. The van der Waals surface area contributed by atoms with Crippen molar-refractivity contribution in [3.05, 3.63) is 12.2 Å². The van der Waals surface area contributed by atoms with E-state index < -0.39 is 109 Å². The predicted molar refractivity (Wildman–Crippen MR) is 131 cm³/mol. The molecule has 6 unspecified atom stereocenters. The lowest BCUT2D eigenvalue weighted by Crippen LogP contribution is -2.37. The van der Waals surface area contributed by atoms with E-state index in [2.05, 4.69) is 28.4 Å². The average molecular weight is 636 g/mol. The number of aliphatic carboxylic acids is 4. The highest BCUT2D eigenvalue weighted by molar-refractivity contribution is 5.95. The van der Waals surface area contributed by atoms with Crippen LogP contribution in [0.25, 0.3) is 0 Å². The fourth-order valence-corrected chi connectivity index (χ4v) is 2.34. The van der Waals surface area contributed by atoms with Gasteiger partial charge in [0.1, 0.15) is 0 Å². The first-order chi connectivity index (χ1) is 20.2. The summed E-state index contributed by atoms with van der Waals surface area (Å²) in [5.41, 5.74) is 0. The van der Waals surface area contributed by atoms with E-state index in [-0.39, 0.29) is 12.2 Å². The van der Waals surface area contributed by atoms with Crippen LogP contribution in [0.5, 0.6) is 0 Å². The van der Waals surface area contributed by atoms with Crippen molar-refractivity contribution in [1.82, 2.24) is 0 Å². The third-order valence-electron chi connectivity index (χ3n) is 4.70. The molecule has 20 nitrogen and oxygen atoms in total. The van der Waals surface area contributed by atoms with Gasteiger partial charge in [-0.25, -0.2) is 38.4 Å². The van der Waals surface area contributed by atoms with Gasteiger partial charge < -0.3 is 48.8 Å². The van der Waals surface area contributed by atoms with Crippen molar-refractivity contribution in [2.75, 3.05) is 0 Å². The molecule has 0 aliphatic carbocycles. The zero-order valence-corrected chi connectivity index (χ0v) is 23.4. The zero-order chi connectivity index (χ0) is 34.3. The van der Waals surface area contributed by atoms with Gasteiger partial charge in [-0.1, -0.05) is 0 Å². The van der Waals surface area contributed by atoms with Crippen LogP contribution >= 0.6 is 0 Å². The number of carbonyl (C=O) groups excluding carboxylic acids is 6. The molecule has 4 N–H and O–H groups in total. The van der Waals surface area contributed by atoms with Gasteiger partial charge in [0.05, 0.1) is 12.8 Å². The highest BCUT2D eigenvalue weighted by Gasteiger charge is 2.33. The molecule has 6 atom stereocenters. The Bertz CT molecular complexity index is 1090. The van der Waals surface area contributed by atoms with Crippen molar-refractivity contribution in [3.8, 4) is 0 Å². The third kappa shape index (κ3) is 14.9. The number of rotatable bonds is 18.